The lowest BCUT2D eigenvalue weighted by atomic mass is 9.91. The number of benzene rings is 1. The van der Waals surface area contributed by atoms with Crippen LogP contribution in [0, 0.1) is 0 Å². The number of phenols is 1. The summed E-state index contributed by atoms with van der Waals surface area (Å²) < 4.78 is 5.72. The molecule has 102 valence electrons. The Bertz CT molecular complexity index is 468. The van der Waals surface area contributed by atoms with Crippen LogP contribution in [0.1, 0.15) is 19.3 Å². The summed E-state index contributed by atoms with van der Waals surface area (Å²) in [6.07, 6.45) is 2.56. The van der Waals surface area contributed by atoms with Crippen LogP contribution in [0.3, 0.4) is 0 Å². The van der Waals surface area contributed by atoms with Crippen molar-refractivity contribution in [1.29, 1.82) is 0 Å². The van der Waals surface area contributed by atoms with Crippen molar-refractivity contribution in [3.05, 3.63) is 24.3 Å². The van der Waals surface area contributed by atoms with E-state index in [1.807, 2.05) is 11.8 Å². The van der Waals surface area contributed by atoms with Crippen LogP contribution in [0.5, 0.6) is 5.75 Å². The van der Waals surface area contributed by atoms with Crippen molar-refractivity contribution in [2.45, 2.75) is 24.9 Å². The van der Waals surface area contributed by atoms with Gasteiger partial charge in [-0.1, -0.05) is 0 Å². The number of carbonyl (C=O) groups is 1. The average Bonchev–Trinajstić information content (AvgIpc) is 2.41. The van der Waals surface area contributed by atoms with Gasteiger partial charge in [-0.2, -0.15) is 11.8 Å². The molecule has 5 heteroatoms. The number of nitrogens with zero attached hydrogens (tertiary/aromatic N) is 1. The van der Waals surface area contributed by atoms with E-state index in [1.165, 1.54) is 0 Å². The maximum absolute atomic E-state index is 12.2. The minimum atomic E-state index is -0.260. The topological polar surface area (TPSA) is 49.8 Å². The van der Waals surface area contributed by atoms with Crippen LogP contribution < -0.4 is 4.90 Å². The second-order valence-electron chi connectivity index (χ2n) is 5.08. The summed E-state index contributed by atoms with van der Waals surface area (Å²) in [7, 11) is 0. The van der Waals surface area contributed by atoms with Crippen LogP contribution >= 0.6 is 11.8 Å². The van der Waals surface area contributed by atoms with E-state index in [0.717, 1.165) is 36.5 Å². The first-order valence-corrected chi connectivity index (χ1v) is 7.71. The van der Waals surface area contributed by atoms with Crippen molar-refractivity contribution >= 4 is 23.5 Å². The monoisotopic (exact) mass is 279 g/mol. The van der Waals surface area contributed by atoms with Gasteiger partial charge in [-0.15, -0.1) is 0 Å². The average molecular weight is 279 g/mol. The van der Waals surface area contributed by atoms with E-state index in [1.54, 1.807) is 29.2 Å². The van der Waals surface area contributed by atoms with E-state index < -0.39 is 0 Å². The molecule has 1 N–H and O–H groups in total. The van der Waals surface area contributed by atoms with E-state index in [0.29, 0.717) is 6.54 Å². The van der Waals surface area contributed by atoms with E-state index >= 15 is 0 Å². The van der Waals surface area contributed by atoms with Crippen molar-refractivity contribution in [1.82, 2.24) is 0 Å². The molecule has 0 aromatic heterocycles. The van der Waals surface area contributed by atoms with E-state index in [-0.39, 0.29) is 17.4 Å². The smallest absolute Gasteiger partial charge is 0.414 e. The van der Waals surface area contributed by atoms with Crippen molar-refractivity contribution in [2.24, 2.45) is 0 Å². The van der Waals surface area contributed by atoms with Crippen LogP contribution in [0.2, 0.25) is 0 Å². The molecule has 2 heterocycles. The highest BCUT2D eigenvalue weighted by atomic mass is 32.2. The third kappa shape index (κ3) is 2.52. The highest BCUT2D eigenvalue weighted by molar-refractivity contribution is 7.99. The molecule has 0 aliphatic carbocycles. The fourth-order valence-corrected chi connectivity index (χ4v) is 3.90. The van der Waals surface area contributed by atoms with Crippen LogP contribution in [0.25, 0.3) is 0 Å². The number of thioether (sulfide) groups is 1. The van der Waals surface area contributed by atoms with Crippen LogP contribution in [0.15, 0.2) is 24.3 Å². The van der Waals surface area contributed by atoms with Gasteiger partial charge in [0, 0.05) is 18.7 Å². The number of phenolic OH excluding ortho intramolecular Hbond substituents is 1. The van der Waals surface area contributed by atoms with Gasteiger partial charge in [0.05, 0.1) is 0 Å². The molecule has 1 aromatic rings. The van der Waals surface area contributed by atoms with E-state index in [9.17, 15) is 9.90 Å². The van der Waals surface area contributed by atoms with Crippen LogP contribution in [-0.2, 0) is 4.74 Å². The Balaban J connectivity index is 1.74. The normalized spacial score (nSPS) is 22.3. The molecule has 2 fully saturated rings. The predicted molar refractivity (Wildman–Crippen MR) is 75.8 cm³/mol. The lowest BCUT2D eigenvalue weighted by Gasteiger charge is -2.43. The number of rotatable bonds is 1. The van der Waals surface area contributed by atoms with Gasteiger partial charge in [0.25, 0.3) is 0 Å². The minimum Gasteiger partial charge on any atom is -0.508 e. The molecule has 19 heavy (non-hydrogen) atoms. The lowest BCUT2D eigenvalue weighted by Crippen LogP contribution is -2.51. The highest BCUT2D eigenvalue weighted by Gasteiger charge is 2.41. The fraction of sp³-hybridized carbons (Fsp3) is 0.500. The zero-order valence-corrected chi connectivity index (χ0v) is 11.5. The fourth-order valence-electron chi connectivity index (χ4n) is 2.66. The summed E-state index contributed by atoms with van der Waals surface area (Å²) >= 11 is 1.93. The Morgan fingerprint density at radius 2 is 1.84 bits per heavy atom. The van der Waals surface area contributed by atoms with Crippen molar-refractivity contribution in [3.8, 4) is 5.75 Å². The summed E-state index contributed by atoms with van der Waals surface area (Å²) in [5.41, 5.74) is 0.554. The first-order valence-electron chi connectivity index (χ1n) is 6.56. The lowest BCUT2D eigenvalue weighted by molar-refractivity contribution is -0.0108. The minimum absolute atomic E-state index is 0.204. The molecule has 0 unspecified atom stereocenters. The van der Waals surface area contributed by atoms with Gasteiger partial charge in [0.2, 0.25) is 0 Å². The number of ether oxygens (including phenoxy) is 1. The molecule has 0 saturated carbocycles. The predicted octanol–water partition coefficient (Wildman–Crippen LogP) is 3.00. The third-order valence-electron chi connectivity index (χ3n) is 3.88. The molecular weight excluding hydrogens is 262 g/mol. The Hall–Kier alpha value is -1.36. The number of carbonyl (C=O) groups excluding carboxylic acids is 1. The second-order valence-corrected chi connectivity index (χ2v) is 6.31. The molecule has 0 atom stereocenters. The van der Waals surface area contributed by atoms with E-state index in [4.69, 9.17) is 4.74 Å². The molecule has 1 aromatic carbocycles. The van der Waals surface area contributed by atoms with Gasteiger partial charge in [-0.3, -0.25) is 4.90 Å². The van der Waals surface area contributed by atoms with Crippen molar-refractivity contribution in [2.75, 3.05) is 23.0 Å². The summed E-state index contributed by atoms with van der Waals surface area (Å²) in [5.74, 6) is 2.36. The maximum Gasteiger partial charge on any atom is 0.414 e. The summed E-state index contributed by atoms with van der Waals surface area (Å²) in [4.78, 5) is 13.8. The number of aromatic hydroxyl groups is 1. The molecule has 0 bridgehead atoms. The first kappa shape index (κ1) is 12.7. The second kappa shape index (κ2) is 4.96. The maximum atomic E-state index is 12.2. The summed E-state index contributed by atoms with van der Waals surface area (Å²) in [6.45, 7) is 0.689. The molecule has 2 aliphatic rings. The largest absolute Gasteiger partial charge is 0.508 e. The van der Waals surface area contributed by atoms with Gasteiger partial charge < -0.3 is 9.84 Å². The molecule has 2 saturated heterocycles. The molecule has 1 spiro atoms. The highest BCUT2D eigenvalue weighted by Crippen LogP contribution is 2.37. The van der Waals surface area contributed by atoms with Crippen molar-refractivity contribution in [3.63, 3.8) is 0 Å². The van der Waals surface area contributed by atoms with Crippen LogP contribution in [-0.4, -0.2) is 34.9 Å². The van der Waals surface area contributed by atoms with Gasteiger partial charge in [0.1, 0.15) is 11.4 Å². The standard InChI is InChI=1S/C14H17NO3S/c16-12-3-1-11(2-4-12)15-8-5-14(18-13(15)17)6-9-19-10-7-14/h1-4,16H,5-10H2. The summed E-state index contributed by atoms with van der Waals surface area (Å²) in [6, 6.07) is 6.66. The number of hydrogen-bond donors (Lipinski definition) is 1. The molecular formula is C14H17NO3S. The SMILES string of the molecule is O=C1OC2(CCSCC2)CCN1c1ccc(O)cc1. The van der Waals surface area contributed by atoms with Gasteiger partial charge in [-0.05, 0) is 48.6 Å². The molecule has 0 radical (unpaired) electrons. The Labute approximate surface area is 116 Å². The zero-order chi connectivity index (χ0) is 13.3. The first-order chi connectivity index (χ1) is 9.19. The molecule has 1 amide bonds. The van der Waals surface area contributed by atoms with Crippen molar-refractivity contribution < 1.29 is 14.6 Å². The number of hydrogen-bond acceptors (Lipinski definition) is 4. The zero-order valence-electron chi connectivity index (χ0n) is 10.7. The Morgan fingerprint density at radius 1 is 1.16 bits per heavy atom. The molecule has 3 rings (SSSR count). The van der Waals surface area contributed by atoms with Gasteiger partial charge >= 0.3 is 6.09 Å². The van der Waals surface area contributed by atoms with Crippen LogP contribution in [0.4, 0.5) is 10.5 Å². The van der Waals surface area contributed by atoms with E-state index in [2.05, 4.69) is 0 Å². The Kier molecular flexibility index (Phi) is 3.31. The molecule has 4 nitrogen and oxygen atoms in total. The van der Waals surface area contributed by atoms with Gasteiger partial charge in [-0.25, -0.2) is 4.79 Å². The number of amides is 1. The summed E-state index contributed by atoms with van der Waals surface area (Å²) in [5, 5.41) is 9.28. The van der Waals surface area contributed by atoms with Gasteiger partial charge in [0.15, 0.2) is 0 Å². The molecule has 2 aliphatic heterocycles. The number of anilines is 1. The Morgan fingerprint density at radius 3 is 2.47 bits per heavy atom. The third-order valence-corrected chi connectivity index (χ3v) is 4.87. The quantitative estimate of drug-likeness (QED) is 0.858.